The molecule has 0 spiro atoms. The molecule has 2 aromatic carbocycles. The van der Waals surface area contributed by atoms with E-state index in [-0.39, 0.29) is 10.8 Å². The molecule has 2 N–H and O–H groups in total. The average Bonchev–Trinajstić information content (AvgIpc) is 2.85. The smallest absolute Gasteiger partial charge is 0.161 e. The standard InChI is InChI=1S/C15H12BrFN2S/c16-13-10(15(18)20)5-6-12(14(13)17)19-8-7-9-3-1-2-4-11(9)19/h1-6H,7-8H2,(H2,18,20). The molecule has 3 rings (SSSR count). The van der Waals surface area contributed by atoms with Crippen molar-refractivity contribution in [1.82, 2.24) is 0 Å². The number of fused-ring (bicyclic) bond motifs is 1. The third kappa shape index (κ3) is 2.11. The molecule has 1 aliphatic heterocycles. The summed E-state index contributed by atoms with van der Waals surface area (Å²) < 4.78 is 14.9. The van der Waals surface area contributed by atoms with Gasteiger partial charge in [0.15, 0.2) is 5.82 Å². The van der Waals surface area contributed by atoms with Crippen LogP contribution >= 0.6 is 28.1 Å². The molecule has 2 aromatic rings. The summed E-state index contributed by atoms with van der Waals surface area (Å²) in [5.74, 6) is -0.327. The van der Waals surface area contributed by atoms with Crippen molar-refractivity contribution in [2.45, 2.75) is 6.42 Å². The van der Waals surface area contributed by atoms with Crippen molar-refractivity contribution in [3.05, 3.63) is 57.8 Å². The molecular formula is C15H12BrFN2S. The van der Waals surface area contributed by atoms with Crippen molar-refractivity contribution >= 4 is 44.5 Å². The van der Waals surface area contributed by atoms with Crippen LogP contribution in [0.5, 0.6) is 0 Å². The molecule has 2 nitrogen and oxygen atoms in total. The van der Waals surface area contributed by atoms with Crippen LogP contribution in [0, 0.1) is 5.82 Å². The van der Waals surface area contributed by atoms with Gasteiger partial charge in [-0.2, -0.15) is 0 Å². The first-order valence-corrected chi connectivity index (χ1v) is 7.43. The van der Waals surface area contributed by atoms with E-state index < -0.39 is 0 Å². The van der Waals surface area contributed by atoms with Crippen molar-refractivity contribution in [3.8, 4) is 0 Å². The maximum absolute atomic E-state index is 14.6. The summed E-state index contributed by atoms with van der Waals surface area (Å²) >= 11 is 8.17. The molecule has 0 atom stereocenters. The van der Waals surface area contributed by atoms with E-state index in [1.807, 2.05) is 23.1 Å². The highest BCUT2D eigenvalue weighted by atomic mass is 79.9. The average molecular weight is 351 g/mol. The number of rotatable bonds is 2. The summed E-state index contributed by atoms with van der Waals surface area (Å²) in [6, 6.07) is 11.5. The first-order chi connectivity index (χ1) is 9.59. The second-order valence-corrected chi connectivity index (χ2v) is 5.89. The monoisotopic (exact) mass is 350 g/mol. The van der Waals surface area contributed by atoms with Gasteiger partial charge in [0.05, 0.1) is 10.2 Å². The Bertz CT molecular complexity index is 702. The van der Waals surface area contributed by atoms with E-state index >= 15 is 0 Å². The molecule has 0 unspecified atom stereocenters. The largest absolute Gasteiger partial charge is 0.389 e. The Kier molecular flexibility index (Phi) is 3.48. The van der Waals surface area contributed by atoms with Crippen LogP contribution in [-0.4, -0.2) is 11.5 Å². The summed E-state index contributed by atoms with van der Waals surface area (Å²) in [7, 11) is 0. The summed E-state index contributed by atoms with van der Waals surface area (Å²) in [4.78, 5) is 2.17. The summed E-state index contributed by atoms with van der Waals surface area (Å²) in [6.07, 6.45) is 0.921. The second kappa shape index (κ2) is 5.14. The zero-order valence-corrected chi connectivity index (χ0v) is 13.0. The van der Waals surface area contributed by atoms with E-state index in [2.05, 4.69) is 22.0 Å². The Morgan fingerprint density at radius 2 is 1.95 bits per heavy atom. The number of hydrogen-bond donors (Lipinski definition) is 1. The van der Waals surface area contributed by atoms with Crippen LogP contribution in [0.2, 0.25) is 0 Å². The van der Waals surface area contributed by atoms with Crippen LogP contribution in [0.4, 0.5) is 15.8 Å². The Morgan fingerprint density at radius 1 is 1.20 bits per heavy atom. The third-order valence-electron chi connectivity index (χ3n) is 3.51. The molecule has 20 heavy (non-hydrogen) atoms. The summed E-state index contributed by atoms with van der Waals surface area (Å²) in [6.45, 7) is 0.773. The van der Waals surface area contributed by atoms with Gasteiger partial charge < -0.3 is 10.6 Å². The number of para-hydroxylation sites is 1. The Morgan fingerprint density at radius 3 is 2.70 bits per heavy atom. The van der Waals surface area contributed by atoms with E-state index in [9.17, 15) is 4.39 Å². The Hall–Kier alpha value is -1.46. The van der Waals surface area contributed by atoms with Crippen LogP contribution < -0.4 is 10.6 Å². The van der Waals surface area contributed by atoms with Gasteiger partial charge in [0.1, 0.15) is 4.99 Å². The third-order valence-corrected chi connectivity index (χ3v) is 4.50. The molecule has 0 fully saturated rings. The summed E-state index contributed by atoms with van der Waals surface area (Å²) in [5.41, 5.74) is 8.94. The topological polar surface area (TPSA) is 29.3 Å². The van der Waals surface area contributed by atoms with E-state index in [4.69, 9.17) is 18.0 Å². The lowest BCUT2D eigenvalue weighted by molar-refractivity contribution is 0.619. The molecule has 5 heteroatoms. The Labute approximate surface area is 130 Å². The molecule has 0 aliphatic carbocycles. The van der Waals surface area contributed by atoms with Gasteiger partial charge in [-0.3, -0.25) is 0 Å². The number of thiocarbonyl (C=S) groups is 1. The molecule has 102 valence electrons. The van der Waals surface area contributed by atoms with Gasteiger partial charge in [0.2, 0.25) is 0 Å². The van der Waals surface area contributed by atoms with Gasteiger partial charge in [0.25, 0.3) is 0 Å². The SMILES string of the molecule is NC(=S)c1ccc(N2CCc3ccccc32)c(F)c1Br. The number of hydrogen-bond acceptors (Lipinski definition) is 2. The van der Waals surface area contributed by atoms with E-state index in [1.165, 1.54) is 5.56 Å². The van der Waals surface area contributed by atoms with Crippen LogP contribution in [0.1, 0.15) is 11.1 Å². The van der Waals surface area contributed by atoms with Crippen molar-refractivity contribution in [3.63, 3.8) is 0 Å². The van der Waals surface area contributed by atoms with Crippen molar-refractivity contribution in [1.29, 1.82) is 0 Å². The fourth-order valence-corrected chi connectivity index (χ4v) is 3.38. The number of nitrogens with zero attached hydrogens (tertiary/aromatic N) is 1. The highest BCUT2D eigenvalue weighted by molar-refractivity contribution is 9.10. The minimum absolute atomic E-state index is 0.184. The minimum atomic E-state index is -0.327. The molecule has 1 heterocycles. The van der Waals surface area contributed by atoms with Gasteiger partial charge in [-0.05, 0) is 46.1 Å². The molecule has 0 aromatic heterocycles. The van der Waals surface area contributed by atoms with Crippen LogP contribution in [0.15, 0.2) is 40.9 Å². The highest BCUT2D eigenvalue weighted by Gasteiger charge is 2.24. The number of benzene rings is 2. The fourth-order valence-electron chi connectivity index (χ4n) is 2.53. The molecule has 0 bridgehead atoms. The lowest BCUT2D eigenvalue weighted by atomic mass is 10.1. The summed E-state index contributed by atoms with van der Waals surface area (Å²) in [5, 5.41) is 0. The molecule has 1 aliphatic rings. The second-order valence-electron chi connectivity index (χ2n) is 4.65. The van der Waals surface area contributed by atoms with E-state index in [0.717, 1.165) is 18.7 Å². The predicted octanol–water partition coefficient (Wildman–Crippen LogP) is 3.92. The first-order valence-electron chi connectivity index (χ1n) is 6.23. The van der Waals surface area contributed by atoms with Crippen LogP contribution in [0.3, 0.4) is 0 Å². The van der Waals surface area contributed by atoms with Gasteiger partial charge >= 0.3 is 0 Å². The van der Waals surface area contributed by atoms with E-state index in [0.29, 0.717) is 15.7 Å². The van der Waals surface area contributed by atoms with Crippen molar-refractivity contribution < 1.29 is 4.39 Å². The van der Waals surface area contributed by atoms with Crippen molar-refractivity contribution in [2.24, 2.45) is 5.73 Å². The van der Waals surface area contributed by atoms with Gasteiger partial charge in [-0.25, -0.2) is 4.39 Å². The lowest BCUT2D eigenvalue weighted by Gasteiger charge is -2.21. The van der Waals surface area contributed by atoms with Crippen molar-refractivity contribution in [2.75, 3.05) is 11.4 Å². The zero-order valence-electron chi connectivity index (χ0n) is 10.6. The fraction of sp³-hybridized carbons (Fsp3) is 0.133. The minimum Gasteiger partial charge on any atom is -0.389 e. The number of nitrogens with two attached hydrogens (primary N) is 1. The maximum Gasteiger partial charge on any atom is 0.161 e. The quantitative estimate of drug-likeness (QED) is 0.832. The zero-order chi connectivity index (χ0) is 14.3. The lowest BCUT2D eigenvalue weighted by Crippen LogP contribution is -2.17. The first kappa shape index (κ1) is 13.5. The molecule has 0 saturated carbocycles. The van der Waals surface area contributed by atoms with Crippen LogP contribution in [0.25, 0.3) is 0 Å². The molecule has 0 radical (unpaired) electrons. The number of anilines is 2. The predicted molar refractivity (Wildman–Crippen MR) is 87.1 cm³/mol. The normalized spacial score (nSPS) is 13.4. The van der Waals surface area contributed by atoms with Crippen LogP contribution in [-0.2, 0) is 6.42 Å². The Balaban J connectivity index is 2.09. The highest BCUT2D eigenvalue weighted by Crippen LogP contribution is 2.38. The van der Waals surface area contributed by atoms with Gasteiger partial charge in [-0.1, -0.05) is 30.4 Å². The number of halogens is 2. The molecule has 0 saturated heterocycles. The van der Waals surface area contributed by atoms with Gasteiger partial charge in [-0.15, -0.1) is 0 Å². The van der Waals surface area contributed by atoms with E-state index in [1.54, 1.807) is 12.1 Å². The molecular weight excluding hydrogens is 339 g/mol. The molecule has 0 amide bonds. The van der Waals surface area contributed by atoms with Gasteiger partial charge in [0, 0.05) is 17.8 Å². The maximum atomic E-state index is 14.6.